The minimum absolute atomic E-state index is 0.0795. The van der Waals surface area contributed by atoms with Gasteiger partial charge in [-0.25, -0.2) is 0 Å². The van der Waals surface area contributed by atoms with Gasteiger partial charge in [-0.1, -0.05) is 0 Å². The standard InChI is InChI=1S/C12H10N2O6S/c15-10-6-5-9(11(16)12(10)17)14-13-7-1-3-8(4-2-7)21(18,19)20/h1-6,15-17H,(H,18,19,20). The summed E-state index contributed by atoms with van der Waals surface area (Å²) in [6.07, 6.45) is 0. The number of azo groups is 1. The molecule has 4 N–H and O–H groups in total. The molecule has 0 aliphatic heterocycles. The summed E-state index contributed by atoms with van der Waals surface area (Å²) in [4.78, 5) is -0.286. The maximum absolute atomic E-state index is 10.9. The monoisotopic (exact) mass is 310 g/mol. The lowest BCUT2D eigenvalue weighted by Gasteiger charge is -2.02. The third kappa shape index (κ3) is 3.27. The van der Waals surface area contributed by atoms with Crippen LogP contribution in [0.25, 0.3) is 0 Å². The second-order valence-corrected chi connectivity index (χ2v) is 5.39. The van der Waals surface area contributed by atoms with Crippen LogP contribution in [0.3, 0.4) is 0 Å². The lowest BCUT2D eigenvalue weighted by molar-refractivity contribution is 0.368. The quantitative estimate of drug-likeness (QED) is 0.390. The van der Waals surface area contributed by atoms with Gasteiger partial charge in [0.25, 0.3) is 10.1 Å². The number of hydrogen-bond acceptors (Lipinski definition) is 7. The van der Waals surface area contributed by atoms with Crippen LogP contribution in [0.1, 0.15) is 0 Å². The average molecular weight is 310 g/mol. The van der Waals surface area contributed by atoms with Crippen LogP contribution in [0.2, 0.25) is 0 Å². The molecule has 2 aromatic rings. The second kappa shape index (κ2) is 5.38. The molecule has 0 bridgehead atoms. The van der Waals surface area contributed by atoms with Crippen molar-refractivity contribution in [1.29, 1.82) is 0 Å². The van der Waals surface area contributed by atoms with E-state index in [4.69, 9.17) is 9.66 Å². The van der Waals surface area contributed by atoms with Crippen LogP contribution in [-0.2, 0) is 10.1 Å². The van der Waals surface area contributed by atoms with Crippen molar-refractivity contribution < 1.29 is 28.3 Å². The Morgan fingerprint density at radius 2 is 1.43 bits per heavy atom. The zero-order valence-corrected chi connectivity index (χ0v) is 11.2. The van der Waals surface area contributed by atoms with Crippen LogP contribution in [0, 0.1) is 0 Å². The highest BCUT2D eigenvalue weighted by molar-refractivity contribution is 7.85. The first-order chi connectivity index (χ1) is 9.79. The Bertz CT molecular complexity index is 799. The fraction of sp³-hybridized carbons (Fsp3) is 0. The Balaban J connectivity index is 2.28. The highest BCUT2D eigenvalue weighted by Gasteiger charge is 2.11. The van der Waals surface area contributed by atoms with Crippen molar-refractivity contribution in [3.63, 3.8) is 0 Å². The molecule has 2 rings (SSSR count). The third-order valence-electron chi connectivity index (χ3n) is 2.52. The zero-order chi connectivity index (χ0) is 15.6. The van der Waals surface area contributed by atoms with Gasteiger partial charge in [0.2, 0.25) is 5.75 Å². The van der Waals surface area contributed by atoms with Gasteiger partial charge in [-0.2, -0.15) is 13.5 Å². The second-order valence-electron chi connectivity index (χ2n) is 3.97. The van der Waals surface area contributed by atoms with Crippen molar-refractivity contribution in [2.24, 2.45) is 10.2 Å². The lowest BCUT2D eigenvalue weighted by atomic mass is 10.2. The van der Waals surface area contributed by atoms with Crippen LogP contribution in [0.15, 0.2) is 51.5 Å². The van der Waals surface area contributed by atoms with Crippen LogP contribution in [-0.4, -0.2) is 28.3 Å². The molecule has 0 saturated heterocycles. The summed E-state index contributed by atoms with van der Waals surface area (Å²) in [6.45, 7) is 0. The van der Waals surface area contributed by atoms with E-state index in [1.54, 1.807) is 0 Å². The molecule has 0 aromatic heterocycles. The molecule has 9 heteroatoms. The summed E-state index contributed by atoms with van der Waals surface area (Å²) in [5.41, 5.74) is 0.179. The van der Waals surface area contributed by atoms with E-state index in [0.29, 0.717) is 0 Å². The normalized spacial score (nSPS) is 11.9. The summed E-state index contributed by atoms with van der Waals surface area (Å²) in [5, 5.41) is 35.4. The molecule has 8 nitrogen and oxygen atoms in total. The Morgan fingerprint density at radius 3 is 2.00 bits per heavy atom. The summed E-state index contributed by atoms with van der Waals surface area (Å²) < 4.78 is 30.5. The van der Waals surface area contributed by atoms with Crippen LogP contribution >= 0.6 is 0 Å². The number of phenols is 3. The molecule has 0 aliphatic carbocycles. The molecule has 0 spiro atoms. The van der Waals surface area contributed by atoms with Gasteiger partial charge in [-0.05, 0) is 36.4 Å². The predicted molar refractivity (Wildman–Crippen MR) is 71.9 cm³/mol. The minimum Gasteiger partial charge on any atom is -0.504 e. The van der Waals surface area contributed by atoms with E-state index in [-0.39, 0.29) is 16.3 Å². The van der Waals surface area contributed by atoms with Gasteiger partial charge in [0, 0.05) is 0 Å². The molecule has 0 amide bonds. The molecule has 21 heavy (non-hydrogen) atoms. The van der Waals surface area contributed by atoms with E-state index in [1.807, 2.05) is 0 Å². The third-order valence-corrected chi connectivity index (χ3v) is 3.38. The average Bonchev–Trinajstić information content (AvgIpc) is 2.43. The molecule has 0 heterocycles. The van der Waals surface area contributed by atoms with Crippen molar-refractivity contribution in [2.45, 2.75) is 4.90 Å². The molecule has 0 aliphatic rings. The first kappa shape index (κ1) is 14.8. The smallest absolute Gasteiger partial charge is 0.294 e. The number of rotatable bonds is 3. The first-order valence-corrected chi connectivity index (χ1v) is 6.96. The van der Waals surface area contributed by atoms with E-state index in [1.165, 1.54) is 18.2 Å². The highest BCUT2D eigenvalue weighted by Crippen LogP contribution is 2.42. The molecule has 0 radical (unpaired) electrons. The van der Waals surface area contributed by atoms with Crippen molar-refractivity contribution in [2.75, 3.05) is 0 Å². The molecule has 0 atom stereocenters. The molecule has 0 saturated carbocycles. The van der Waals surface area contributed by atoms with Gasteiger partial charge in [-0.3, -0.25) is 4.55 Å². The van der Waals surface area contributed by atoms with Crippen molar-refractivity contribution in [3.05, 3.63) is 36.4 Å². The van der Waals surface area contributed by atoms with Gasteiger partial charge in [-0.15, -0.1) is 5.11 Å². The molecule has 0 unspecified atom stereocenters. The van der Waals surface area contributed by atoms with Gasteiger partial charge in [0.05, 0.1) is 10.6 Å². The van der Waals surface area contributed by atoms with Crippen molar-refractivity contribution in [1.82, 2.24) is 0 Å². The Labute approximate surface area is 119 Å². The number of aromatic hydroxyl groups is 3. The topological polar surface area (TPSA) is 140 Å². The van der Waals surface area contributed by atoms with Gasteiger partial charge >= 0.3 is 0 Å². The first-order valence-electron chi connectivity index (χ1n) is 5.52. The van der Waals surface area contributed by atoms with Gasteiger partial charge in [0.1, 0.15) is 5.69 Å². The summed E-state index contributed by atoms with van der Waals surface area (Å²) >= 11 is 0. The van der Waals surface area contributed by atoms with E-state index >= 15 is 0 Å². The maximum atomic E-state index is 10.9. The van der Waals surface area contributed by atoms with Crippen LogP contribution in [0.4, 0.5) is 11.4 Å². The predicted octanol–water partition coefficient (Wildman–Crippen LogP) is 2.47. The summed E-state index contributed by atoms with van der Waals surface area (Å²) in [7, 11) is -4.28. The largest absolute Gasteiger partial charge is 0.504 e. The van der Waals surface area contributed by atoms with Gasteiger partial charge < -0.3 is 15.3 Å². The SMILES string of the molecule is O=S(=O)(O)c1ccc(N=Nc2ccc(O)c(O)c2O)cc1. The van der Waals surface area contributed by atoms with E-state index < -0.39 is 27.4 Å². The lowest BCUT2D eigenvalue weighted by Crippen LogP contribution is -1.96. The molecular weight excluding hydrogens is 300 g/mol. The van der Waals surface area contributed by atoms with Crippen molar-refractivity contribution in [3.8, 4) is 17.2 Å². The van der Waals surface area contributed by atoms with E-state index in [9.17, 15) is 18.6 Å². The van der Waals surface area contributed by atoms with E-state index in [0.717, 1.165) is 18.2 Å². The molecule has 2 aromatic carbocycles. The zero-order valence-electron chi connectivity index (χ0n) is 10.4. The number of phenolic OH excluding ortho intramolecular Hbond substituents is 3. The maximum Gasteiger partial charge on any atom is 0.294 e. The Morgan fingerprint density at radius 1 is 0.810 bits per heavy atom. The molecule has 0 fully saturated rings. The van der Waals surface area contributed by atoms with Crippen LogP contribution in [0.5, 0.6) is 17.2 Å². The fourth-order valence-electron chi connectivity index (χ4n) is 1.44. The summed E-state index contributed by atoms with van der Waals surface area (Å²) in [6, 6.07) is 7.23. The molecule has 110 valence electrons. The van der Waals surface area contributed by atoms with Gasteiger partial charge in [0.15, 0.2) is 11.5 Å². The number of nitrogens with zero attached hydrogens (tertiary/aromatic N) is 2. The van der Waals surface area contributed by atoms with Crippen molar-refractivity contribution >= 4 is 21.5 Å². The number of benzene rings is 2. The Hall–Kier alpha value is -2.65. The Kier molecular flexibility index (Phi) is 3.78. The molecular formula is C12H10N2O6S. The highest BCUT2D eigenvalue weighted by atomic mass is 32.2. The fourth-order valence-corrected chi connectivity index (χ4v) is 1.92. The minimum atomic E-state index is -4.28. The number of hydrogen-bond donors (Lipinski definition) is 4. The summed E-state index contributed by atoms with van der Waals surface area (Å²) in [5.74, 6) is -1.84. The van der Waals surface area contributed by atoms with E-state index in [2.05, 4.69) is 10.2 Å². The van der Waals surface area contributed by atoms with Crippen LogP contribution < -0.4 is 0 Å².